The van der Waals surface area contributed by atoms with E-state index in [1.807, 2.05) is 52.8 Å². The maximum Gasteiger partial charge on any atom is 0.338 e. The second-order valence-electron chi connectivity index (χ2n) is 5.45. The summed E-state index contributed by atoms with van der Waals surface area (Å²) in [7, 11) is 0. The van der Waals surface area contributed by atoms with Crippen LogP contribution >= 0.6 is 0 Å². The summed E-state index contributed by atoms with van der Waals surface area (Å²) < 4.78 is 10.8. The zero-order valence-corrected chi connectivity index (χ0v) is 13.5. The lowest BCUT2D eigenvalue weighted by molar-refractivity contribution is 0.0548. The normalized spacial score (nSPS) is 9.76. The first-order valence-corrected chi connectivity index (χ1v) is 7.07. The Labute approximate surface area is 127 Å². The quantitative estimate of drug-likeness (QED) is 0.572. The molecule has 3 heteroatoms. The van der Waals surface area contributed by atoms with Crippen LogP contribution in [0.2, 0.25) is 0 Å². The molecule has 0 saturated carbocycles. The number of rotatable bonds is 6. The summed E-state index contributed by atoms with van der Waals surface area (Å²) >= 11 is 0. The molecule has 1 aromatic rings. The van der Waals surface area contributed by atoms with E-state index in [1.54, 1.807) is 12.1 Å². The first-order chi connectivity index (χ1) is 9.90. The minimum atomic E-state index is -0.305. The monoisotopic (exact) mass is 288 g/mol. The average molecular weight is 288 g/mol. The van der Waals surface area contributed by atoms with E-state index in [0.29, 0.717) is 18.8 Å². The van der Waals surface area contributed by atoms with Gasteiger partial charge in [-0.3, -0.25) is 0 Å². The summed E-state index contributed by atoms with van der Waals surface area (Å²) in [6.45, 7) is 10.7. The zero-order valence-electron chi connectivity index (χ0n) is 13.5. The first-order valence-electron chi connectivity index (χ1n) is 7.07. The van der Waals surface area contributed by atoms with Gasteiger partial charge in [-0.15, -0.1) is 0 Å². The van der Waals surface area contributed by atoms with Crippen molar-refractivity contribution < 1.29 is 14.3 Å². The molecule has 0 fully saturated rings. The molecule has 0 aliphatic heterocycles. The molecule has 0 bridgehead atoms. The molecular formula is C18H24O3. The van der Waals surface area contributed by atoms with Crippen LogP contribution in [0, 0.1) is 6.92 Å². The summed E-state index contributed by atoms with van der Waals surface area (Å²) in [5.41, 5.74) is 3.77. The molecule has 0 radical (unpaired) electrons. The number of allylic oxidation sites excluding steroid dienone is 2. The fourth-order valence-electron chi connectivity index (χ4n) is 1.62. The fraction of sp³-hybridized carbons (Fsp3) is 0.389. The van der Waals surface area contributed by atoms with Crippen LogP contribution in [0.3, 0.4) is 0 Å². The van der Waals surface area contributed by atoms with Crippen molar-refractivity contribution >= 4 is 5.97 Å². The minimum absolute atomic E-state index is 0.305. The van der Waals surface area contributed by atoms with Crippen LogP contribution in [-0.2, 0) is 4.74 Å². The highest BCUT2D eigenvalue weighted by molar-refractivity contribution is 5.91. The number of esters is 1. The third-order valence-corrected chi connectivity index (χ3v) is 2.87. The SMILES string of the molecule is CC(C)=CCOC(=O)c1ccc(OCC=C(C)C)cc1C. The second kappa shape index (κ2) is 8.30. The number of hydrogen-bond donors (Lipinski definition) is 0. The highest BCUT2D eigenvalue weighted by Gasteiger charge is 2.10. The largest absolute Gasteiger partial charge is 0.490 e. The molecule has 0 N–H and O–H groups in total. The average Bonchev–Trinajstić information content (AvgIpc) is 2.37. The molecule has 0 spiro atoms. The van der Waals surface area contributed by atoms with Crippen molar-refractivity contribution in [2.75, 3.05) is 13.2 Å². The number of carbonyl (C=O) groups excluding carboxylic acids is 1. The second-order valence-corrected chi connectivity index (χ2v) is 5.45. The Bertz CT molecular complexity index is 546. The molecule has 0 atom stereocenters. The topological polar surface area (TPSA) is 35.5 Å². The van der Waals surface area contributed by atoms with Crippen LogP contribution in [0.4, 0.5) is 0 Å². The van der Waals surface area contributed by atoms with Crippen LogP contribution < -0.4 is 4.74 Å². The molecular weight excluding hydrogens is 264 g/mol. The molecule has 0 saturated heterocycles. The van der Waals surface area contributed by atoms with E-state index in [4.69, 9.17) is 9.47 Å². The highest BCUT2D eigenvalue weighted by atomic mass is 16.5. The lowest BCUT2D eigenvalue weighted by atomic mass is 10.1. The van der Waals surface area contributed by atoms with Gasteiger partial charge in [0.1, 0.15) is 19.0 Å². The van der Waals surface area contributed by atoms with E-state index >= 15 is 0 Å². The van der Waals surface area contributed by atoms with E-state index in [1.165, 1.54) is 5.57 Å². The number of benzene rings is 1. The summed E-state index contributed by atoms with van der Waals surface area (Å²) in [5.74, 6) is 0.451. The molecule has 1 aromatic carbocycles. The van der Waals surface area contributed by atoms with E-state index in [2.05, 4.69) is 0 Å². The van der Waals surface area contributed by atoms with Crippen LogP contribution in [0.1, 0.15) is 43.6 Å². The summed E-state index contributed by atoms with van der Waals surface area (Å²) in [4.78, 5) is 12.0. The van der Waals surface area contributed by atoms with Gasteiger partial charge in [-0.25, -0.2) is 4.79 Å². The maximum atomic E-state index is 12.0. The van der Waals surface area contributed by atoms with E-state index in [0.717, 1.165) is 16.9 Å². The number of hydrogen-bond acceptors (Lipinski definition) is 3. The predicted octanol–water partition coefficient (Wildman–Crippen LogP) is 4.46. The number of ether oxygens (including phenoxy) is 2. The Morgan fingerprint density at radius 3 is 2.24 bits per heavy atom. The third-order valence-electron chi connectivity index (χ3n) is 2.87. The molecule has 114 valence electrons. The van der Waals surface area contributed by atoms with Crippen molar-refractivity contribution in [3.05, 3.63) is 52.6 Å². The van der Waals surface area contributed by atoms with Gasteiger partial charge in [0.2, 0.25) is 0 Å². The molecule has 0 aliphatic rings. The predicted molar refractivity (Wildman–Crippen MR) is 85.8 cm³/mol. The van der Waals surface area contributed by atoms with Crippen LogP contribution in [-0.4, -0.2) is 19.2 Å². The Morgan fingerprint density at radius 1 is 1.05 bits per heavy atom. The van der Waals surface area contributed by atoms with Gasteiger partial charge >= 0.3 is 5.97 Å². The standard InChI is InChI=1S/C18H24O3/c1-13(2)8-10-20-16-6-7-17(15(5)12-16)18(19)21-11-9-14(3)4/h6-9,12H,10-11H2,1-5H3. The van der Waals surface area contributed by atoms with E-state index in [9.17, 15) is 4.79 Å². The van der Waals surface area contributed by atoms with Crippen LogP contribution in [0.5, 0.6) is 5.75 Å². The van der Waals surface area contributed by atoms with Crippen molar-refractivity contribution in [1.82, 2.24) is 0 Å². The maximum absolute atomic E-state index is 12.0. The van der Waals surface area contributed by atoms with E-state index < -0.39 is 0 Å². The van der Waals surface area contributed by atoms with Crippen molar-refractivity contribution in [2.45, 2.75) is 34.6 Å². The molecule has 0 amide bonds. The molecule has 0 aliphatic carbocycles. The lowest BCUT2D eigenvalue weighted by Gasteiger charge is -2.09. The van der Waals surface area contributed by atoms with Gasteiger partial charge in [0.25, 0.3) is 0 Å². The lowest BCUT2D eigenvalue weighted by Crippen LogP contribution is -2.07. The van der Waals surface area contributed by atoms with Crippen molar-refractivity contribution in [3.63, 3.8) is 0 Å². The van der Waals surface area contributed by atoms with Crippen molar-refractivity contribution in [2.24, 2.45) is 0 Å². The minimum Gasteiger partial charge on any atom is -0.490 e. The first kappa shape index (κ1) is 17.0. The molecule has 3 nitrogen and oxygen atoms in total. The summed E-state index contributed by atoms with van der Waals surface area (Å²) in [5, 5.41) is 0. The van der Waals surface area contributed by atoms with Gasteiger partial charge in [-0.2, -0.15) is 0 Å². The Hall–Kier alpha value is -2.03. The molecule has 0 unspecified atom stereocenters. The zero-order chi connectivity index (χ0) is 15.8. The molecule has 0 aromatic heterocycles. The van der Waals surface area contributed by atoms with Gasteiger partial charge in [-0.1, -0.05) is 11.1 Å². The van der Waals surface area contributed by atoms with Gasteiger partial charge < -0.3 is 9.47 Å². The molecule has 0 heterocycles. The van der Waals surface area contributed by atoms with Gasteiger partial charge in [0.15, 0.2) is 0 Å². The molecule has 21 heavy (non-hydrogen) atoms. The van der Waals surface area contributed by atoms with Gasteiger partial charge in [0, 0.05) is 0 Å². The highest BCUT2D eigenvalue weighted by Crippen LogP contribution is 2.18. The van der Waals surface area contributed by atoms with Gasteiger partial charge in [0.05, 0.1) is 5.56 Å². The third kappa shape index (κ3) is 6.30. The van der Waals surface area contributed by atoms with E-state index in [-0.39, 0.29) is 5.97 Å². The Kier molecular flexibility index (Phi) is 6.73. The van der Waals surface area contributed by atoms with Crippen molar-refractivity contribution in [3.8, 4) is 5.75 Å². The fourth-order valence-corrected chi connectivity index (χ4v) is 1.62. The number of carbonyl (C=O) groups is 1. The number of aryl methyl sites for hydroxylation is 1. The van der Waals surface area contributed by atoms with Gasteiger partial charge in [-0.05, 0) is 70.5 Å². The Balaban J connectivity index is 2.67. The van der Waals surface area contributed by atoms with Crippen molar-refractivity contribution in [1.29, 1.82) is 0 Å². The Morgan fingerprint density at radius 2 is 1.67 bits per heavy atom. The summed E-state index contributed by atoms with van der Waals surface area (Å²) in [6, 6.07) is 5.40. The summed E-state index contributed by atoms with van der Waals surface area (Å²) in [6.07, 6.45) is 3.89. The van der Waals surface area contributed by atoms with Crippen LogP contribution in [0.15, 0.2) is 41.5 Å². The molecule has 1 rings (SSSR count). The smallest absolute Gasteiger partial charge is 0.338 e. The van der Waals surface area contributed by atoms with Crippen LogP contribution in [0.25, 0.3) is 0 Å².